The van der Waals surface area contributed by atoms with Crippen molar-refractivity contribution in [3.05, 3.63) is 36.5 Å². The first-order valence-corrected chi connectivity index (χ1v) is 41.3. The molecule has 2 atom stereocenters. The summed E-state index contributed by atoms with van der Waals surface area (Å²) < 4.78 is 5.51. The van der Waals surface area contributed by atoms with E-state index in [1.807, 2.05) is 6.08 Å². The zero-order valence-electron chi connectivity index (χ0n) is 61.1. The molecule has 0 aromatic heterocycles. The van der Waals surface area contributed by atoms with Crippen LogP contribution in [-0.2, 0) is 14.3 Å². The van der Waals surface area contributed by atoms with E-state index >= 15 is 0 Å². The molecule has 6 heteroatoms. The summed E-state index contributed by atoms with van der Waals surface area (Å²) in [5.41, 5.74) is 0. The summed E-state index contributed by atoms with van der Waals surface area (Å²) in [4.78, 5) is 24.7. The van der Waals surface area contributed by atoms with Crippen molar-refractivity contribution in [2.24, 2.45) is 0 Å². The number of unbranched alkanes of at least 4 members (excludes halogenated alkanes) is 63. The summed E-state index contributed by atoms with van der Waals surface area (Å²) >= 11 is 0. The van der Waals surface area contributed by atoms with E-state index in [4.69, 9.17) is 4.74 Å². The van der Waals surface area contributed by atoms with Crippen molar-refractivity contribution in [1.82, 2.24) is 5.32 Å². The highest BCUT2D eigenvalue weighted by molar-refractivity contribution is 5.76. The number of allylic oxidation sites excluding steroid dienone is 5. The Hall–Kier alpha value is -1.92. The molecule has 6 nitrogen and oxygen atoms in total. The van der Waals surface area contributed by atoms with Crippen molar-refractivity contribution in [3.8, 4) is 0 Å². The van der Waals surface area contributed by atoms with Gasteiger partial charge in [0, 0.05) is 12.8 Å². The van der Waals surface area contributed by atoms with Gasteiger partial charge in [-0.1, -0.05) is 423 Å². The van der Waals surface area contributed by atoms with Gasteiger partial charge in [0.25, 0.3) is 0 Å². The number of amides is 1. The summed E-state index contributed by atoms with van der Waals surface area (Å²) in [6.07, 6.45) is 104. The number of rotatable bonds is 78. The van der Waals surface area contributed by atoms with E-state index in [2.05, 4.69) is 43.5 Å². The summed E-state index contributed by atoms with van der Waals surface area (Å²) in [6.45, 7) is 4.93. The number of hydrogen-bond donors (Lipinski definition) is 3. The molecule has 0 rings (SSSR count). The third-order valence-electron chi connectivity index (χ3n) is 19.4. The van der Waals surface area contributed by atoms with E-state index in [0.29, 0.717) is 19.4 Å². The summed E-state index contributed by atoms with van der Waals surface area (Å²) in [5.74, 6) is -0.0442. The van der Waals surface area contributed by atoms with Gasteiger partial charge in [-0.25, -0.2) is 0 Å². The highest BCUT2D eigenvalue weighted by Crippen LogP contribution is 2.20. The molecule has 0 saturated heterocycles. The minimum absolute atomic E-state index is 0.0140. The molecule has 0 bridgehead atoms. The van der Waals surface area contributed by atoms with Gasteiger partial charge in [-0.2, -0.15) is 0 Å². The minimum atomic E-state index is -0.843. The number of ether oxygens (including phenoxy) is 1. The lowest BCUT2D eigenvalue weighted by Crippen LogP contribution is -2.45. The monoisotopic (exact) mass is 1260 g/mol. The van der Waals surface area contributed by atoms with Gasteiger partial charge in [0.1, 0.15) is 0 Å². The summed E-state index contributed by atoms with van der Waals surface area (Å²) in [6, 6.07) is -0.626. The number of aliphatic hydroxyl groups excluding tert-OH is 2. The van der Waals surface area contributed by atoms with E-state index in [1.165, 1.54) is 385 Å². The van der Waals surface area contributed by atoms with Gasteiger partial charge in [-0.15, -0.1) is 0 Å². The molecular weight excluding hydrogens is 1100 g/mol. The van der Waals surface area contributed by atoms with Gasteiger partial charge in [0.15, 0.2) is 0 Å². The molecule has 532 valence electrons. The normalized spacial score (nSPS) is 12.6. The van der Waals surface area contributed by atoms with Gasteiger partial charge in [0.2, 0.25) is 5.91 Å². The van der Waals surface area contributed by atoms with E-state index < -0.39 is 12.1 Å². The highest BCUT2D eigenvalue weighted by atomic mass is 16.5. The van der Waals surface area contributed by atoms with Crippen LogP contribution in [0.15, 0.2) is 36.5 Å². The van der Waals surface area contributed by atoms with E-state index in [1.54, 1.807) is 6.08 Å². The molecule has 0 aromatic carbocycles. The van der Waals surface area contributed by atoms with Crippen LogP contribution in [0.1, 0.15) is 463 Å². The zero-order chi connectivity index (χ0) is 64.9. The Bertz CT molecular complexity index is 1460. The van der Waals surface area contributed by atoms with Crippen molar-refractivity contribution in [2.45, 2.75) is 475 Å². The Kier molecular flexibility index (Phi) is 77.8. The molecule has 0 fully saturated rings. The van der Waals surface area contributed by atoms with Crippen molar-refractivity contribution in [3.63, 3.8) is 0 Å². The molecule has 0 saturated carbocycles. The Morgan fingerprint density at radius 2 is 0.556 bits per heavy atom. The van der Waals surface area contributed by atoms with Gasteiger partial charge in [0.05, 0.1) is 25.4 Å². The van der Waals surface area contributed by atoms with Crippen LogP contribution < -0.4 is 5.32 Å². The fourth-order valence-electron chi connectivity index (χ4n) is 13.1. The smallest absolute Gasteiger partial charge is 0.305 e. The zero-order valence-corrected chi connectivity index (χ0v) is 61.1. The van der Waals surface area contributed by atoms with E-state index in [0.717, 1.165) is 51.4 Å². The largest absolute Gasteiger partial charge is 0.466 e. The Balaban J connectivity index is 3.35. The lowest BCUT2D eigenvalue weighted by molar-refractivity contribution is -0.143. The predicted molar refractivity (Wildman–Crippen MR) is 398 cm³/mol. The Morgan fingerprint density at radius 1 is 0.311 bits per heavy atom. The molecule has 2 unspecified atom stereocenters. The van der Waals surface area contributed by atoms with Crippen LogP contribution in [0.5, 0.6) is 0 Å². The van der Waals surface area contributed by atoms with Crippen molar-refractivity contribution in [2.75, 3.05) is 13.2 Å². The maximum atomic E-state index is 12.6. The molecule has 90 heavy (non-hydrogen) atoms. The van der Waals surface area contributed by atoms with Crippen molar-refractivity contribution < 1.29 is 24.5 Å². The standard InChI is InChI=1S/C84H161NO5/c1-3-5-7-9-11-13-15-17-19-21-22-23-24-35-38-41-45-48-52-56-60-64-68-72-76-82(87)81(80-86)85-83(88)77-73-69-65-61-57-53-49-46-42-39-36-33-31-29-27-25-26-28-30-32-34-37-40-43-47-51-55-59-63-67-71-75-79-90-84(89)78-74-70-66-62-58-54-50-44-20-18-16-14-12-10-8-6-4-2/h12,14,18,20,72,76,81-82,86-87H,3-11,13,15-17,19,21-71,73-75,77-80H2,1-2H3,(H,85,88)/b14-12-,20-18-,76-72+. The van der Waals surface area contributed by atoms with Crippen LogP contribution in [0.2, 0.25) is 0 Å². The van der Waals surface area contributed by atoms with Crippen LogP contribution in [0.3, 0.4) is 0 Å². The number of hydrogen-bond acceptors (Lipinski definition) is 5. The quantitative estimate of drug-likeness (QED) is 0.0320. The first-order valence-electron chi connectivity index (χ1n) is 41.3. The van der Waals surface area contributed by atoms with Crippen LogP contribution in [0, 0.1) is 0 Å². The number of aliphatic hydroxyl groups is 2. The second-order valence-electron chi connectivity index (χ2n) is 28.5. The molecular formula is C84H161NO5. The SMILES string of the molecule is CCCCC/C=C\C/C=C\CCCCCCCCCC(=O)OCCCCCCCCCCCCCCCCCCCCCCCCCCCCCCCCCCC(=O)NC(CO)C(O)/C=C/CCCCCCCCCCCCCCCCCCCCCCCC. The van der Waals surface area contributed by atoms with Crippen LogP contribution in [0.25, 0.3) is 0 Å². The van der Waals surface area contributed by atoms with Crippen LogP contribution in [-0.4, -0.2) is 47.4 Å². The first-order chi connectivity index (χ1) is 44.5. The van der Waals surface area contributed by atoms with Crippen LogP contribution in [0.4, 0.5) is 0 Å². The molecule has 1 amide bonds. The van der Waals surface area contributed by atoms with Gasteiger partial charge < -0.3 is 20.3 Å². The van der Waals surface area contributed by atoms with E-state index in [-0.39, 0.29) is 18.5 Å². The fraction of sp³-hybridized carbons (Fsp3) is 0.905. The molecule has 0 aliphatic carbocycles. The fourth-order valence-corrected chi connectivity index (χ4v) is 13.1. The molecule has 3 N–H and O–H groups in total. The molecule has 0 aromatic rings. The topological polar surface area (TPSA) is 95.9 Å². The lowest BCUT2D eigenvalue weighted by atomic mass is 10.0. The van der Waals surface area contributed by atoms with Crippen LogP contribution >= 0.6 is 0 Å². The number of carbonyl (C=O) groups excluding carboxylic acids is 2. The number of esters is 1. The summed E-state index contributed by atoms with van der Waals surface area (Å²) in [5, 5.41) is 23.3. The second-order valence-corrected chi connectivity index (χ2v) is 28.5. The number of carbonyl (C=O) groups is 2. The maximum Gasteiger partial charge on any atom is 0.305 e. The number of nitrogens with one attached hydrogen (secondary N) is 1. The average molecular weight is 1270 g/mol. The first kappa shape index (κ1) is 88.1. The third kappa shape index (κ3) is 75.1. The third-order valence-corrected chi connectivity index (χ3v) is 19.4. The second kappa shape index (κ2) is 79.5. The molecule has 0 heterocycles. The van der Waals surface area contributed by atoms with E-state index in [9.17, 15) is 19.8 Å². The Morgan fingerprint density at radius 3 is 0.867 bits per heavy atom. The van der Waals surface area contributed by atoms with Crippen molar-refractivity contribution in [1.29, 1.82) is 0 Å². The summed E-state index contributed by atoms with van der Waals surface area (Å²) in [7, 11) is 0. The van der Waals surface area contributed by atoms with Gasteiger partial charge in [-0.3, -0.25) is 9.59 Å². The molecule has 0 spiro atoms. The molecule has 0 aliphatic rings. The van der Waals surface area contributed by atoms with Crippen molar-refractivity contribution >= 4 is 11.9 Å². The molecule has 0 aliphatic heterocycles. The predicted octanol–water partition coefficient (Wildman–Crippen LogP) is 27.4. The van der Waals surface area contributed by atoms with Gasteiger partial charge >= 0.3 is 5.97 Å². The maximum absolute atomic E-state index is 12.6. The minimum Gasteiger partial charge on any atom is -0.466 e. The highest BCUT2D eigenvalue weighted by Gasteiger charge is 2.18. The van der Waals surface area contributed by atoms with Gasteiger partial charge in [-0.05, 0) is 64.2 Å². The molecule has 0 radical (unpaired) electrons. The Labute approximate surface area is 564 Å². The lowest BCUT2D eigenvalue weighted by Gasteiger charge is -2.20. The average Bonchev–Trinajstić information content (AvgIpc) is 3.59.